The Balaban J connectivity index is 0.00000683. The maximum atomic E-state index is 14.1. The fourth-order valence-corrected chi connectivity index (χ4v) is 8.78. The summed E-state index contributed by atoms with van der Waals surface area (Å²) >= 11 is 2.17. The molecule has 0 spiro atoms. The van der Waals surface area contributed by atoms with Gasteiger partial charge >= 0.3 is 59.3 Å². The van der Waals surface area contributed by atoms with Crippen LogP contribution in [0.4, 0.5) is 4.79 Å². The molecule has 3 aliphatic rings. The smallest absolute Gasteiger partial charge is 0.543 e. The first-order chi connectivity index (χ1) is 28.1. The van der Waals surface area contributed by atoms with Gasteiger partial charge in [-0.05, 0) is 39.3 Å². The molecule has 3 aromatic rings. The monoisotopic (exact) mass is 872 g/mol. The Morgan fingerprint density at radius 1 is 1.02 bits per heavy atom. The largest absolute Gasteiger partial charge is 1.00 e. The van der Waals surface area contributed by atoms with Gasteiger partial charge in [-0.1, -0.05) is 48.2 Å². The number of thioether (sulfide) groups is 2. The second-order valence-corrected chi connectivity index (χ2v) is 15.0. The zero-order valence-electron chi connectivity index (χ0n) is 32.2. The van der Waals surface area contributed by atoms with Crippen LogP contribution in [-0.4, -0.2) is 125 Å². The minimum Gasteiger partial charge on any atom is -0.543 e. The van der Waals surface area contributed by atoms with Crippen molar-refractivity contribution in [2.24, 2.45) is 7.05 Å². The van der Waals surface area contributed by atoms with Crippen LogP contribution in [-0.2, 0) is 51.9 Å². The normalized spacial score (nSPS) is 18.9. The molecule has 4 heterocycles. The van der Waals surface area contributed by atoms with Crippen LogP contribution >= 0.6 is 23.5 Å². The SMILES string of the molecule is CC(=O)Oc1ccc(CN2CCN(C(=O)NC(C(=O)N[C@]3(NC=O)C(=O)N4C(C(=O)[O-])=C(CSc5nnnn5C)CS[C@H]43)c3ccccc3)C(=O)C2=O)cc1OC(C)=O.[Na+]. The van der Waals surface area contributed by atoms with E-state index in [1.807, 2.05) is 0 Å². The Bertz CT molecular complexity index is 2300. The van der Waals surface area contributed by atoms with Crippen molar-refractivity contribution >= 4 is 77.5 Å². The summed E-state index contributed by atoms with van der Waals surface area (Å²) in [5.74, 6) is -7.40. The van der Waals surface area contributed by atoms with E-state index in [1.165, 1.54) is 35.0 Å². The summed E-state index contributed by atoms with van der Waals surface area (Å²) in [4.78, 5) is 118. The molecular weight excluding hydrogens is 840 g/mol. The van der Waals surface area contributed by atoms with Crippen LogP contribution in [0.2, 0.25) is 0 Å². The number of rotatable bonds is 14. The molecule has 22 nitrogen and oxygen atoms in total. The molecule has 0 saturated carbocycles. The number of piperazine rings is 1. The molecule has 0 bridgehead atoms. The Hall–Kier alpha value is -5.82. The first kappa shape index (κ1) is 45.3. The van der Waals surface area contributed by atoms with Gasteiger partial charge in [-0.2, -0.15) is 0 Å². The second kappa shape index (κ2) is 19.1. The Morgan fingerprint density at radius 2 is 1.72 bits per heavy atom. The number of ether oxygens (including phenoxy) is 2. The fraction of sp³-hybridized carbons (Fsp3) is 0.314. The zero-order valence-corrected chi connectivity index (χ0v) is 35.9. The average molecular weight is 873 g/mol. The third kappa shape index (κ3) is 9.31. The van der Waals surface area contributed by atoms with Crippen molar-refractivity contribution in [1.29, 1.82) is 0 Å². The Labute approximate surface area is 370 Å². The maximum Gasteiger partial charge on any atom is 1.00 e. The number of fused-ring (bicyclic) bond motifs is 1. The van der Waals surface area contributed by atoms with Gasteiger partial charge in [0.15, 0.2) is 11.5 Å². The number of carboxylic acids is 1. The van der Waals surface area contributed by atoms with Crippen molar-refractivity contribution in [2.75, 3.05) is 24.6 Å². The molecule has 2 saturated heterocycles. The number of carbonyl (C=O) groups excluding carboxylic acids is 9. The fourth-order valence-electron chi connectivity index (χ4n) is 6.37. The van der Waals surface area contributed by atoms with E-state index < -0.39 is 70.3 Å². The first-order valence-corrected chi connectivity index (χ1v) is 19.4. The topological polar surface area (TPSA) is 285 Å². The minimum atomic E-state index is -2.17. The quantitative estimate of drug-likeness (QED) is 0.0200. The predicted molar refractivity (Wildman–Crippen MR) is 199 cm³/mol. The molecule has 1 unspecified atom stereocenters. The van der Waals surface area contributed by atoms with Gasteiger partial charge in [-0.15, -0.1) is 16.9 Å². The van der Waals surface area contributed by atoms with Gasteiger partial charge in [0, 0.05) is 52.0 Å². The van der Waals surface area contributed by atoms with Gasteiger partial charge in [0.1, 0.15) is 11.4 Å². The number of nitrogens with zero attached hydrogens (tertiary/aromatic N) is 7. The van der Waals surface area contributed by atoms with Crippen molar-refractivity contribution in [2.45, 2.75) is 42.6 Å². The van der Waals surface area contributed by atoms with Gasteiger partial charge in [-0.3, -0.25) is 43.4 Å². The van der Waals surface area contributed by atoms with Crippen LogP contribution in [0.3, 0.4) is 0 Å². The number of β-lactam (4-membered cyclic amide) rings is 1. The number of carboxylic acid groups (broad SMARTS) is 1. The molecule has 60 heavy (non-hydrogen) atoms. The maximum absolute atomic E-state index is 14.1. The number of hydrogen-bond acceptors (Lipinski definition) is 17. The van der Waals surface area contributed by atoms with Crippen molar-refractivity contribution in [1.82, 2.24) is 50.9 Å². The molecule has 6 rings (SSSR count). The molecule has 308 valence electrons. The van der Waals surface area contributed by atoms with Crippen LogP contribution in [0.25, 0.3) is 0 Å². The number of imide groups is 1. The van der Waals surface area contributed by atoms with Crippen LogP contribution in [0.5, 0.6) is 11.5 Å². The number of esters is 2. The number of aryl methyl sites for hydroxylation is 1. The van der Waals surface area contributed by atoms with E-state index in [-0.39, 0.29) is 84.2 Å². The van der Waals surface area contributed by atoms with E-state index in [4.69, 9.17) is 9.47 Å². The van der Waals surface area contributed by atoms with E-state index in [2.05, 4.69) is 31.5 Å². The molecule has 0 radical (unpaired) electrons. The van der Waals surface area contributed by atoms with E-state index in [0.717, 1.165) is 47.2 Å². The average Bonchev–Trinajstić information content (AvgIpc) is 3.61. The number of aromatic nitrogens is 4. The molecule has 3 atom stereocenters. The summed E-state index contributed by atoms with van der Waals surface area (Å²) in [5.41, 5.74) is -1.73. The van der Waals surface area contributed by atoms with Crippen LogP contribution in [0.15, 0.2) is 65.0 Å². The number of carbonyl (C=O) groups is 9. The van der Waals surface area contributed by atoms with Gasteiger partial charge in [-0.25, -0.2) is 9.48 Å². The molecule has 2 fully saturated rings. The number of aliphatic carboxylic acids is 1. The molecule has 3 N–H and O–H groups in total. The predicted octanol–water partition coefficient (Wildman–Crippen LogP) is -5.04. The summed E-state index contributed by atoms with van der Waals surface area (Å²) in [7, 11) is 1.59. The van der Waals surface area contributed by atoms with Crippen LogP contribution < -0.4 is 60.1 Å². The van der Waals surface area contributed by atoms with Crippen molar-refractivity contribution in [3.63, 3.8) is 0 Å². The summed E-state index contributed by atoms with van der Waals surface area (Å²) in [6.45, 7) is 1.69. The first-order valence-electron chi connectivity index (χ1n) is 17.4. The van der Waals surface area contributed by atoms with Crippen LogP contribution in [0.1, 0.15) is 31.0 Å². The minimum absolute atomic E-state index is 0. The summed E-state index contributed by atoms with van der Waals surface area (Å²) in [5, 5.41) is 30.0. The number of benzene rings is 2. The molecule has 2 aromatic carbocycles. The molecule has 0 aliphatic carbocycles. The van der Waals surface area contributed by atoms with Gasteiger partial charge in [0.05, 0.1) is 11.7 Å². The third-order valence-corrected chi connectivity index (χ3v) is 11.5. The molecule has 25 heteroatoms. The van der Waals surface area contributed by atoms with E-state index in [0.29, 0.717) is 21.2 Å². The molecule has 1 aromatic heterocycles. The number of tetrazole rings is 1. The van der Waals surface area contributed by atoms with E-state index >= 15 is 0 Å². The Kier molecular flexibility index (Phi) is 14.4. The molecular formula is C35H33N10NaO12S2. The zero-order chi connectivity index (χ0) is 42.6. The second-order valence-electron chi connectivity index (χ2n) is 13.0. The summed E-state index contributed by atoms with van der Waals surface area (Å²) in [6.07, 6.45) is 0.163. The van der Waals surface area contributed by atoms with E-state index in [1.54, 1.807) is 25.2 Å². The number of nitrogens with one attached hydrogen (secondary N) is 3. The summed E-state index contributed by atoms with van der Waals surface area (Å²) in [6, 6.07) is 9.15. The third-order valence-electron chi connectivity index (χ3n) is 9.02. The summed E-state index contributed by atoms with van der Waals surface area (Å²) < 4.78 is 11.6. The standard InChI is InChI=1S/C35H34N10O12S2.Na/c1-18(47)56-23-10-9-20(13-24(23)57-19(2)48)14-43-11-12-44(29(51)28(43)50)33(55)37-25(21-7-5-4-6-8-21)27(49)38-35(36-17-46)31(54)45-26(30(52)53)22(15-58-32(35)45)16-59-34-39-40-41-42(34)3;/h4-10,13,17,25,32H,11-12,14-16H2,1-3H3,(H,36,46)(H,37,55)(H,38,49)(H,52,53);/q;+1/p-1/t25?,32-,35+;/m0./s1. The van der Waals surface area contributed by atoms with Crippen molar-refractivity contribution < 1.29 is 87.3 Å². The number of urea groups is 1. The van der Waals surface area contributed by atoms with Gasteiger partial charge in [0.2, 0.25) is 23.1 Å². The number of amides is 7. The van der Waals surface area contributed by atoms with Gasteiger partial charge in [0.25, 0.3) is 5.91 Å². The van der Waals surface area contributed by atoms with Crippen molar-refractivity contribution in [3.05, 3.63) is 70.9 Å². The molecule has 3 aliphatic heterocycles. The van der Waals surface area contributed by atoms with E-state index in [9.17, 15) is 48.3 Å². The molecule has 7 amide bonds. The van der Waals surface area contributed by atoms with Crippen LogP contribution in [0, 0.1) is 0 Å². The van der Waals surface area contributed by atoms with Gasteiger partial charge < -0.3 is 40.2 Å². The van der Waals surface area contributed by atoms with Crippen molar-refractivity contribution in [3.8, 4) is 11.5 Å². The Morgan fingerprint density at radius 3 is 2.35 bits per heavy atom. The number of hydrogen-bond donors (Lipinski definition) is 3.